The van der Waals surface area contributed by atoms with E-state index in [2.05, 4.69) is 5.32 Å². The number of nitrogens with one attached hydrogen (secondary N) is 1. The number of esters is 1. The number of anilines is 1. The largest absolute Gasteiger partial charge is 0.455 e. The molecule has 0 fully saturated rings. The van der Waals surface area contributed by atoms with Crippen LogP contribution in [-0.2, 0) is 20.7 Å². The summed E-state index contributed by atoms with van der Waals surface area (Å²) in [5, 5.41) is 4.38. The molecular weight excluding hydrogens is 344 g/mol. The minimum Gasteiger partial charge on any atom is -0.455 e. The maximum absolute atomic E-state index is 12.2. The van der Waals surface area contributed by atoms with Crippen LogP contribution in [0.5, 0.6) is 0 Å². The number of thioether (sulfide) groups is 1. The van der Waals surface area contributed by atoms with Crippen LogP contribution >= 0.6 is 23.1 Å². The van der Waals surface area contributed by atoms with Gasteiger partial charge in [-0.1, -0.05) is 17.8 Å². The second-order valence-electron chi connectivity index (χ2n) is 4.37. The Kier molecular flexibility index (Phi) is 6.54. The van der Waals surface area contributed by atoms with Gasteiger partial charge >= 0.3 is 5.97 Å². The number of ether oxygens (including phenoxy) is 1. The summed E-state index contributed by atoms with van der Waals surface area (Å²) in [4.78, 5) is 24.5. The van der Waals surface area contributed by atoms with Crippen LogP contribution in [0.1, 0.15) is 4.88 Å². The first-order valence-electron chi connectivity index (χ1n) is 6.55. The highest BCUT2D eigenvalue weighted by Gasteiger charge is 2.10. The smallest absolute Gasteiger partial charge is 0.311 e. The standard InChI is InChI=1S/C15H13F2NO3S2/c16-15(17)23-11-5-3-10(4-6-11)18-13(19)9-21-14(20)8-12-2-1-7-22-12/h1-7,15H,8-9H2,(H,18,19). The van der Waals surface area contributed by atoms with E-state index in [0.717, 1.165) is 4.88 Å². The maximum Gasteiger partial charge on any atom is 0.311 e. The zero-order chi connectivity index (χ0) is 16.7. The molecule has 0 aliphatic carbocycles. The van der Waals surface area contributed by atoms with Crippen molar-refractivity contribution >= 4 is 40.7 Å². The second-order valence-corrected chi connectivity index (χ2v) is 6.46. The van der Waals surface area contributed by atoms with Gasteiger partial charge in [0.15, 0.2) is 6.61 Å². The quantitative estimate of drug-likeness (QED) is 0.605. The molecule has 0 bridgehead atoms. The zero-order valence-corrected chi connectivity index (χ0v) is 13.5. The molecule has 0 spiro atoms. The summed E-state index contributed by atoms with van der Waals surface area (Å²) in [7, 11) is 0. The molecule has 1 amide bonds. The summed E-state index contributed by atoms with van der Waals surface area (Å²) in [6.45, 7) is -0.391. The van der Waals surface area contributed by atoms with Gasteiger partial charge in [-0.05, 0) is 35.7 Å². The molecule has 0 atom stereocenters. The number of hydrogen-bond donors (Lipinski definition) is 1. The molecule has 2 aromatic rings. The zero-order valence-electron chi connectivity index (χ0n) is 11.8. The Morgan fingerprint density at radius 1 is 1.22 bits per heavy atom. The van der Waals surface area contributed by atoms with Crippen LogP contribution in [-0.4, -0.2) is 24.2 Å². The van der Waals surface area contributed by atoms with Gasteiger partial charge in [0.2, 0.25) is 0 Å². The van der Waals surface area contributed by atoms with Crippen molar-refractivity contribution in [2.24, 2.45) is 0 Å². The van der Waals surface area contributed by atoms with E-state index in [0.29, 0.717) is 22.3 Å². The molecule has 122 valence electrons. The number of carbonyl (C=O) groups is 2. The van der Waals surface area contributed by atoms with Crippen LogP contribution in [0.3, 0.4) is 0 Å². The minimum atomic E-state index is -2.49. The summed E-state index contributed by atoms with van der Waals surface area (Å²) in [6, 6.07) is 9.62. The maximum atomic E-state index is 12.2. The van der Waals surface area contributed by atoms with Gasteiger partial charge in [0, 0.05) is 15.5 Å². The third kappa shape index (κ3) is 6.37. The third-order valence-corrected chi connectivity index (χ3v) is 4.23. The highest BCUT2D eigenvalue weighted by atomic mass is 32.2. The third-order valence-electron chi connectivity index (χ3n) is 2.63. The van der Waals surface area contributed by atoms with Crippen LogP contribution in [0.15, 0.2) is 46.7 Å². The van der Waals surface area contributed by atoms with Crippen molar-refractivity contribution in [2.75, 3.05) is 11.9 Å². The van der Waals surface area contributed by atoms with Gasteiger partial charge in [0.25, 0.3) is 11.7 Å². The molecule has 1 aromatic carbocycles. The molecule has 1 heterocycles. The summed E-state index contributed by atoms with van der Waals surface area (Å²) in [6.07, 6.45) is 0.129. The first-order valence-corrected chi connectivity index (χ1v) is 8.31. The van der Waals surface area contributed by atoms with Crippen LogP contribution in [0.4, 0.5) is 14.5 Å². The lowest BCUT2D eigenvalue weighted by molar-refractivity contribution is -0.146. The Labute approximate surface area is 139 Å². The molecule has 8 heteroatoms. The lowest BCUT2D eigenvalue weighted by atomic mass is 10.3. The molecule has 2 rings (SSSR count). The van der Waals surface area contributed by atoms with Crippen molar-refractivity contribution in [2.45, 2.75) is 17.1 Å². The lowest BCUT2D eigenvalue weighted by Crippen LogP contribution is -2.21. The number of alkyl halides is 2. The average Bonchev–Trinajstić information content (AvgIpc) is 2.99. The van der Waals surface area contributed by atoms with E-state index >= 15 is 0 Å². The summed E-state index contributed by atoms with van der Waals surface area (Å²) >= 11 is 1.86. The molecule has 0 unspecified atom stereocenters. The summed E-state index contributed by atoms with van der Waals surface area (Å²) in [5.41, 5.74) is 0.447. The number of hydrogen-bond acceptors (Lipinski definition) is 5. The monoisotopic (exact) mass is 357 g/mol. The topological polar surface area (TPSA) is 55.4 Å². The van der Waals surface area contributed by atoms with Crippen LogP contribution in [0, 0.1) is 0 Å². The van der Waals surface area contributed by atoms with E-state index in [-0.39, 0.29) is 6.42 Å². The number of amides is 1. The predicted molar refractivity (Wildman–Crippen MR) is 85.9 cm³/mol. The van der Waals surface area contributed by atoms with E-state index in [9.17, 15) is 18.4 Å². The van der Waals surface area contributed by atoms with Crippen molar-refractivity contribution < 1.29 is 23.1 Å². The molecule has 23 heavy (non-hydrogen) atoms. The molecule has 0 aliphatic heterocycles. The average molecular weight is 357 g/mol. The van der Waals surface area contributed by atoms with Gasteiger partial charge in [-0.2, -0.15) is 8.78 Å². The van der Waals surface area contributed by atoms with Crippen molar-refractivity contribution in [3.63, 3.8) is 0 Å². The number of benzene rings is 1. The van der Waals surface area contributed by atoms with Gasteiger partial charge in [0.1, 0.15) is 0 Å². The van der Waals surface area contributed by atoms with E-state index in [1.165, 1.54) is 35.6 Å². The van der Waals surface area contributed by atoms with Gasteiger partial charge in [-0.15, -0.1) is 11.3 Å². The minimum absolute atomic E-state index is 0.129. The Morgan fingerprint density at radius 3 is 2.57 bits per heavy atom. The van der Waals surface area contributed by atoms with E-state index in [4.69, 9.17) is 4.74 Å². The fourth-order valence-corrected chi connectivity index (χ4v) is 2.86. The van der Waals surface area contributed by atoms with Gasteiger partial charge in [-0.25, -0.2) is 0 Å². The molecule has 0 saturated carbocycles. The highest BCUT2D eigenvalue weighted by molar-refractivity contribution is 7.99. The van der Waals surface area contributed by atoms with Crippen LogP contribution in [0.2, 0.25) is 0 Å². The van der Waals surface area contributed by atoms with Crippen molar-refractivity contribution in [3.8, 4) is 0 Å². The number of thiophene rings is 1. The van der Waals surface area contributed by atoms with Gasteiger partial charge in [-0.3, -0.25) is 9.59 Å². The van der Waals surface area contributed by atoms with E-state index in [1.807, 2.05) is 17.5 Å². The van der Waals surface area contributed by atoms with Crippen molar-refractivity contribution in [1.82, 2.24) is 0 Å². The number of rotatable bonds is 7. The SMILES string of the molecule is O=C(COC(=O)Cc1cccs1)Nc1ccc(SC(F)F)cc1. The molecule has 1 N–H and O–H groups in total. The lowest BCUT2D eigenvalue weighted by Gasteiger charge is -2.07. The first kappa shape index (κ1) is 17.4. The molecule has 0 radical (unpaired) electrons. The predicted octanol–water partition coefficient (Wildman–Crippen LogP) is 3.79. The van der Waals surface area contributed by atoms with E-state index in [1.54, 1.807) is 0 Å². The fraction of sp³-hybridized carbons (Fsp3) is 0.200. The molecule has 4 nitrogen and oxygen atoms in total. The fourth-order valence-electron chi connectivity index (χ4n) is 1.67. The Morgan fingerprint density at radius 2 is 1.96 bits per heavy atom. The van der Waals surface area contributed by atoms with Crippen LogP contribution in [0.25, 0.3) is 0 Å². The summed E-state index contributed by atoms with van der Waals surface area (Å²) < 4.78 is 29.3. The summed E-state index contributed by atoms with van der Waals surface area (Å²) in [5.74, 6) is -3.46. The molecular formula is C15H13F2NO3S2. The number of carbonyl (C=O) groups excluding carboxylic acids is 2. The van der Waals surface area contributed by atoms with Crippen molar-refractivity contribution in [1.29, 1.82) is 0 Å². The first-order chi connectivity index (χ1) is 11.0. The molecule has 0 saturated heterocycles. The molecule has 0 aliphatic rings. The Bertz CT molecular complexity index is 645. The van der Waals surface area contributed by atoms with E-state index < -0.39 is 24.2 Å². The van der Waals surface area contributed by atoms with Crippen LogP contribution < -0.4 is 5.32 Å². The highest BCUT2D eigenvalue weighted by Crippen LogP contribution is 2.26. The van der Waals surface area contributed by atoms with Gasteiger partial charge < -0.3 is 10.1 Å². The van der Waals surface area contributed by atoms with Gasteiger partial charge in [0.05, 0.1) is 6.42 Å². The Hall–Kier alpha value is -1.93. The second kappa shape index (κ2) is 8.64. The number of halogens is 2. The Balaban J connectivity index is 1.74. The van der Waals surface area contributed by atoms with Crippen molar-refractivity contribution in [3.05, 3.63) is 46.7 Å². The normalized spacial score (nSPS) is 10.6. The molecule has 1 aromatic heterocycles.